The van der Waals surface area contributed by atoms with Gasteiger partial charge in [0.05, 0.1) is 13.3 Å². The van der Waals surface area contributed by atoms with Crippen molar-refractivity contribution in [2.75, 3.05) is 7.11 Å². The molecular weight excluding hydrogens is 252 g/mol. The number of hydrogen-bond acceptors (Lipinski definition) is 5. The Balaban J connectivity index is 2.43. The SMILES string of the molecule is COc1ccccc1/C=N\n1c(=O)cn[nH]c1=S. The lowest BCUT2D eigenvalue weighted by Gasteiger charge is -2.03. The number of aromatic amines is 1. The van der Waals surface area contributed by atoms with Crippen molar-refractivity contribution in [1.82, 2.24) is 14.9 Å². The van der Waals surface area contributed by atoms with E-state index in [1.165, 1.54) is 6.21 Å². The maximum atomic E-state index is 11.5. The number of nitrogens with zero attached hydrogens (tertiary/aromatic N) is 3. The van der Waals surface area contributed by atoms with E-state index >= 15 is 0 Å². The Kier molecular flexibility index (Phi) is 3.63. The smallest absolute Gasteiger partial charge is 0.293 e. The molecule has 0 amide bonds. The van der Waals surface area contributed by atoms with Crippen LogP contribution in [-0.2, 0) is 0 Å². The molecule has 0 spiro atoms. The highest BCUT2D eigenvalue weighted by Gasteiger charge is 1.99. The van der Waals surface area contributed by atoms with Crippen molar-refractivity contribution in [3.63, 3.8) is 0 Å². The van der Waals surface area contributed by atoms with E-state index in [9.17, 15) is 4.79 Å². The second kappa shape index (κ2) is 5.37. The molecule has 1 N–H and O–H groups in total. The summed E-state index contributed by atoms with van der Waals surface area (Å²) in [5.74, 6) is 0.665. The van der Waals surface area contributed by atoms with Crippen molar-refractivity contribution in [2.45, 2.75) is 0 Å². The molecule has 7 heteroatoms. The number of methoxy groups -OCH3 is 1. The number of benzene rings is 1. The summed E-state index contributed by atoms with van der Waals surface area (Å²) < 4.78 is 6.35. The van der Waals surface area contributed by atoms with Gasteiger partial charge in [-0.3, -0.25) is 9.89 Å². The van der Waals surface area contributed by atoms with Crippen LogP contribution in [-0.4, -0.2) is 28.2 Å². The van der Waals surface area contributed by atoms with Gasteiger partial charge in [-0.2, -0.15) is 14.9 Å². The molecule has 0 atom stereocenters. The van der Waals surface area contributed by atoms with Gasteiger partial charge in [0.1, 0.15) is 11.9 Å². The zero-order valence-electron chi connectivity index (χ0n) is 9.53. The maximum Gasteiger partial charge on any atom is 0.293 e. The topological polar surface area (TPSA) is 72.3 Å². The molecule has 1 heterocycles. The predicted octanol–water partition coefficient (Wildman–Crippen LogP) is 1.19. The third-order valence-corrected chi connectivity index (χ3v) is 2.45. The summed E-state index contributed by atoms with van der Waals surface area (Å²) >= 11 is 4.92. The average Bonchev–Trinajstić information content (AvgIpc) is 2.38. The Morgan fingerprint density at radius 2 is 2.28 bits per heavy atom. The van der Waals surface area contributed by atoms with Crippen LogP contribution >= 0.6 is 12.2 Å². The summed E-state index contributed by atoms with van der Waals surface area (Å²) in [5.41, 5.74) is 0.350. The van der Waals surface area contributed by atoms with Crippen LogP contribution in [0.3, 0.4) is 0 Å². The number of hydrogen-bond donors (Lipinski definition) is 1. The summed E-state index contributed by atoms with van der Waals surface area (Å²) in [6.07, 6.45) is 2.61. The van der Waals surface area contributed by atoms with Crippen molar-refractivity contribution in [2.24, 2.45) is 5.10 Å². The van der Waals surface area contributed by atoms with Crippen LogP contribution in [0.1, 0.15) is 5.56 Å². The third-order valence-electron chi connectivity index (χ3n) is 2.19. The predicted molar refractivity (Wildman–Crippen MR) is 69.7 cm³/mol. The summed E-state index contributed by atoms with van der Waals surface area (Å²) in [7, 11) is 1.57. The van der Waals surface area contributed by atoms with Gasteiger partial charge in [0.2, 0.25) is 4.77 Å². The van der Waals surface area contributed by atoms with Gasteiger partial charge in [0.15, 0.2) is 0 Å². The number of ether oxygens (including phenoxy) is 1. The Hall–Kier alpha value is -2.28. The molecule has 0 aliphatic heterocycles. The molecule has 0 bridgehead atoms. The van der Waals surface area contributed by atoms with E-state index in [1.807, 2.05) is 18.2 Å². The fraction of sp³-hybridized carbons (Fsp3) is 0.0909. The van der Waals surface area contributed by atoms with Crippen LogP contribution < -0.4 is 10.3 Å². The Labute approximate surface area is 108 Å². The van der Waals surface area contributed by atoms with Gasteiger partial charge in [0.25, 0.3) is 5.56 Å². The van der Waals surface area contributed by atoms with E-state index in [0.29, 0.717) is 5.75 Å². The highest BCUT2D eigenvalue weighted by Crippen LogP contribution is 2.14. The largest absolute Gasteiger partial charge is 0.496 e. The fourth-order valence-corrected chi connectivity index (χ4v) is 1.54. The minimum Gasteiger partial charge on any atom is -0.496 e. The Morgan fingerprint density at radius 3 is 3.00 bits per heavy atom. The standard InChI is InChI=1S/C11H10N4O2S/c1-17-9-5-3-2-4-8(9)6-13-15-10(16)7-12-14-11(15)18/h2-7H,1H3,(H,14,18)/b13-6-. The summed E-state index contributed by atoms with van der Waals surface area (Å²) in [4.78, 5) is 11.5. The van der Waals surface area contributed by atoms with Gasteiger partial charge >= 0.3 is 0 Å². The van der Waals surface area contributed by atoms with Crippen molar-refractivity contribution in [1.29, 1.82) is 0 Å². The van der Waals surface area contributed by atoms with Gasteiger partial charge in [-0.25, -0.2) is 0 Å². The Bertz CT molecular complexity index is 661. The van der Waals surface area contributed by atoms with Crippen LogP contribution in [0, 0.1) is 4.77 Å². The number of aromatic nitrogens is 3. The fourth-order valence-electron chi connectivity index (χ4n) is 1.35. The molecular formula is C11H10N4O2S. The normalized spacial score (nSPS) is 10.7. The summed E-state index contributed by atoms with van der Waals surface area (Å²) in [5, 5.41) is 10.1. The quantitative estimate of drug-likeness (QED) is 0.666. The molecule has 2 aromatic rings. The second-order valence-electron chi connectivity index (χ2n) is 3.31. The highest BCUT2D eigenvalue weighted by atomic mass is 32.1. The molecule has 0 aliphatic carbocycles. The lowest BCUT2D eigenvalue weighted by molar-refractivity contribution is 0.414. The van der Waals surface area contributed by atoms with E-state index in [1.54, 1.807) is 13.2 Å². The van der Waals surface area contributed by atoms with E-state index < -0.39 is 5.56 Å². The minimum absolute atomic E-state index is 0.133. The summed E-state index contributed by atoms with van der Waals surface area (Å²) in [6, 6.07) is 7.32. The molecule has 0 unspecified atom stereocenters. The molecule has 6 nitrogen and oxygen atoms in total. The first-order valence-electron chi connectivity index (χ1n) is 5.06. The first-order chi connectivity index (χ1) is 8.72. The van der Waals surface area contributed by atoms with Gasteiger partial charge in [-0.05, 0) is 24.4 Å². The van der Waals surface area contributed by atoms with Crippen LogP contribution in [0.25, 0.3) is 0 Å². The molecule has 1 aromatic heterocycles. The van der Waals surface area contributed by atoms with Crippen molar-refractivity contribution in [3.8, 4) is 5.75 Å². The van der Waals surface area contributed by atoms with Gasteiger partial charge in [-0.1, -0.05) is 12.1 Å². The van der Waals surface area contributed by atoms with Crippen LogP contribution in [0.15, 0.2) is 40.4 Å². The number of nitrogens with one attached hydrogen (secondary N) is 1. The van der Waals surface area contributed by atoms with Crippen molar-refractivity contribution in [3.05, 3.63) is 51.2 Å². The molecule has 2 rings (SSSR count). The number of para-hydroxylation sites is 1. The lowest BCUT2D eigenvalue weighted by Crippen LogP contribution is -2.18. The molecule has 0 radical (unpaired) electrons. The molecule has 0 aliphatic rings. The highest BCUT2D eigenvalue weighted by molar-refractivity contribution is 7.71. The van der Waals surface area contributed by atoms with Crippen LogP contribution in [0.4, 0.5) is 0 Å². The molecule has 0 fully saturated rings. The van der Waals surface area contributed by atoms with E-state index in [4.69, 9.17) is 17.0 Å². The van der Waals surface area contributed by atoms with Gasteiger partial charge < -0.3 is 4.74 Å². The average molecular weight is 262 g/mol. The summed E-state index contributed by atoms with van der Waals surface area (Å²) in [6.45, 7) is 0. The lowest BCUT2D eigenvalue weighted by atomic mass is 10.2. The minimum atomic E-state index is -0.398. The van der Waals surface area contributed by atoms with Crippen molar-refractivity contribution < 1.29 is 4.74 Å². The molecule has 18 heavy (non-hydrogen) atoms. The maximum absolute atomic E-state index is 11.5. The zero-order chi connectivity index (χ0) is 13.0. The van der Waals surface area contributed by atoms with E-state index in [-0.39, 0.29) is 4.77 Å². The molecule has 1 aromatic carbocycles. The third kappa shape index (κ3) is 2.51. The van der Waals surface area contributed by atoms with E-state index in [2.05, 4.69) is 15.3 Å². The zero-order valence-corrected chi connectivity index (χ0v) is 10.3. The van der Waals surface area contributed by atoms with E-state index in [0.717, 1.165) is 16.4 Å². The number of H-pyrrole nitrogens is 1. The molecule has 0 saturated carbocycles. The first kappa shape index (κ1) is 12.2. The Morgan fingerprint density at radius 1 is 1.50 bits per heavy atom. The molecule has 0 saturated heterocycles. The monoisotopic (exact) mass is 262 g/mol. The first-order valence-corrected chi connectivity index (χ1v) is 5.47. The number of rotatable bonds is 3. The molecule has 92 valence electrons. The van der Waals surface area contributed by atoms with Crippen molar-refractivity contribution >= 4 is 18.4 Å². The van der Waals surface area contributed by atoms with Gasteiger partial charge in [0, 0.05) is 5.56 Å². The van der Waals surface area contributed by atoms with Gasteiger partial charge in [-0.15, -0.1) is 0 Å². The van der Waals surface area contributed by atoms with Crippen LogP contribution in [0.2, 0.25) is 0 Å². The van der Waals surface area contributed by atoms with Crippen LogP contribution in [0.5, 0.6) is 5.75 Å². The second-order valence-corrected chi connectivity index (χ2v) is 3.70.